The molecule has 1 aromatic heterocycles. The Kier molecular flexibility index (Phi) is 3.07. The Labute approximate surface area is 79.1 Å². The zero-order chi connectivity index (χ0) is 10.8. The number of alkyl halides is 3. The SMILES string of the molecule is CC(NN)c1ccc(C(F)(F)F)nc1. The van der Waals surface area contributed by atoms with Crippen LogP contribution in [-0.2, 0) is 6.18 Å². The highest BCUT2D eigenvalue weighted by Gasteiger charge is 2.32. The van der Waals surface area contributed by atoms with E-state index in [1.165, 1.54) is 6.07 Å². The number of hydrogen-bond donors (Lipinski definition) is 2. The lowest BCUT2D eigenvalue weighted by Crippen LogP contribution is -2.25. The van der Waals surface area contributed by atoms with E-state index in [0.717, 1.165) is 12.3 Å². The summed E-state index contributed by atoms with van der Waals surface area (Å²) in [5.41, 5.74) is 2.13. The molecule has 0 saturated heterocycles. The van der Waals surface area contributed by atoms with Crippen LogP contribution in [0.15, 0.2) is 18.3 Å². The van der Waals surface area contributed by atoms with Crippen LogP contribution in [0.5, 0.6) is 0 Å². The second-order valence-electron chi connectivity index (χ2n) is 2.86. The van der Waals surface area contributed by atoms with E-state index in [0.29, 0.717) is 5.56 Å². The van der Waals surface area contributed by atoms with Crippen LogP contribution in [0.2, 0.25) is 0 Å². The highest BCUT2D eigenvalue weighted by Crippen LogP contribution is 2.27. The number of pyridine rings is 1. The molecule has 0 bridgehead atoms. The molecule has 3 N–H and O–H groups in total. The molecule has 6 heteroatoms. The van der Waals surface area contributed by atoms with Crippen LogP contribution in [0.25, 0.3) is 0 Å². The van der Waals surface area contributed by atoms with Gasteiger partial charge in [-0.3, -0.25) is 16.3 Å². The molecular formula is C8H10F3N3. The van der Waals surface area contributed by atoms with E-state index in [4.69, 9.17) is 5.84 Å². The number of nitrogens with zero attached hydrogens (tertiary/aromatic N) is 1. The summed E-state index contributed by atoms with van der Waals surface area (Å²) in [6.45, 7) is 1.73. The van der Waals surface area contributed by atoms with Gasteiger partial charge in [0.25, 0.3) is 0 Å². The molecular weight excluding hydrogens is 195 g/mol. The number of nitrogens with two attached hydrogens (primary N) is 1. The lowest BCUT2D eigenvalue weighted by atomic mass is 10.1. The highest BCUT2D eigenvalue weighted by atomic mass is 19.4. The van der Waals surface area contributed by atoms with Gasteiger partial charge in [-0.25, -0.2) is 0 Å². The molecule has 0 saturated carbocycles. The molecule has 0 aromatic carbocycles. The topological polar surface area (TPSA) is 50.9 Å². The van der Waals surface area contributed by atoms with E-state index in [1.807, 2.05) is 0 Å². The van der Waals surface area contributed by atoms with Crippen LogP contribution in [0, 0.1) is 0 Å². The molecule has 0 amide bonds. The average molecular weight is 205 g/mol. The maximum atomic E-state index is 12.1. The van der Waals surface area contributed by atoms with Crippen LogP contribution in [0.3, 0.4) is 0 Å². The predicted octanol–water partition coefficient (Wildman–Crippen LogP) is 1.62. The second kappa shape index (κ2) is 3.93. The molecule has 1 unspecified atom stereocenters. The smallest absolute Gasteiger partial charge is 0.271 e. The van der Waals surface area contributed by atoms with Crippen molar-refractivity contribution in [3.05, 3.63) is 29.6 Å². The van der Waals surface area contributed by atoms with Gasteiger partial charge >= 0.3 is 6.18 Å². The molecule has 0 aliphatic rings. The van der Waals surface area contributed by atoms with Crippen molar-refractivity contribution < 1.29 is 13.2 Å². The number of nitrogens with one attached hydrogen (secondary N) is 1. The third kappa shape index (κ3) is 2.43. The van der Waals surface area contributed by atoms with E-state index >= 15 is 0 Å². The van der Waals surface area contributed by atoms with Crippen molar-refractivity contribution in [1.82, 2.24) is 10.4 Å². The summed E-state index contributed by atoms with van der Waals surface area (Å²) in [5, 5.41) is 0. The minimum absolute atomic E-state index is 0.218. The standard InChI is InChI=1S/C8H10F3N3/c1-5(14-12)6-2-3-7(13-4-6)8(9,10)11/h2-5,14H,12H2,1H3. The summed E-state index contributed by atoms with van der Waals surface area (Å²) in [6.07, 6.45) is -3.23. The van der Waals surface area contributed by atoms with Gasteiger partial charge in [0.2, 0.25) is 0 Å². The van der Waals surface area contributed by atoms with Crippen molar-refractivity contribution >= 4 is 0 Å². The van der Waals surface area contributed by atoms with Crippen molar-refractivity contribution in [2.45, 2.75) is 19.1 Å². The van der Waals surface area contributed by atoms with Crippen LogP contribution < -0.4 is 11.3 Å². The molecule has 1 atom stereocenters. The molecule has 0 aliphatic heterocycles. The van der Waals surface area contributed by atoms with Crippen molar-refractivity contribution in [2.24, 2.45) is 5.84 Å². The second-order valence-corrected chi connectivity index (χ2v) is 2.86. The van der Waals surface area contributed by atoms with Crippen molar-refractivity contribution in [1.29, 1.82) is 0 Å². The highest BCUT2D eigenvalue weighted by molar-refractivity contribution is 5.18. The molecule has 0 radical (unpaired) electrons. The third-order valence-corrected chi connectivity index (χ3v) is 1.83. The average Bonchev–Trinajstić information content (AvgIpc) is 2.15. The van der Waals surface area contributed by atoms with Gasteiger partial charge < -0.3 is 0 Å². The molecule has 1 aromatic rings. The molecule has 0 aliphatic carbocycles. The Morgan fingerprint density at radius 2 is 2.07 bits per heavy atom. The van der Waals surface area contributed by atoms with Crippen molar-refractivity contribution in [3.8, 4) is 0 Å². The van der Waals surface area contributed by atoms with Crippen LogP contribution in [0.1, 0.15) is 24.2 Å². The lowest BCUT2D eigenvalue weighted by molar-refractivity contribution is -0.141. The Bertz CT molecular complexity index is 294. The summed E-state index contributed by atoms with van der Waals surface area (Å²) in [6, 6.07) is 2.06. The fourth-order valence-corrected chi connectivity index (χ4v) is 0.925. The predicted molar refractivity (Wildman–Crippen MR) is 45.0 cm³/mol. The van der Waals surface area contributed by atoms with Gasteiger partial charge in [-0.05, 0) is 18.6 Å². The van der Waals surface area contributed by atoms with Crippen molar-refractivity contribution in [3.63, 3.8) is 0 Å². The van der Waals surface area contributed by atoms with E-state index in [9.17, 15) is 13.2 Å². The number of halogens is 3. The largest absolute Gasteiger partial charge is 0.433 e. The van der Waals surface area contributed by atoms with Gasteiger partial charge in [0.05, 0.1) is 0 Å². The first-order chi connectivity index (χ1) is 6.45. The van der Waals surface area contributed by atoms with Gasteiger partial charge in [0.15, 0.2) is 0 Å². The van der Waals surface area contributed by atoms with Gasteiger partial charge in [0.1, 0.15) is 5.69 Å². The Balaban J connectivity index is 2.89. The minimum Gasteiger partial charge on any atom is -0.271 e. The van der Waals surface area contributed by atoms with E-state index in [1.54, 1.807) is 6.92 Å². The van der Waals surface area contributed by atoms with Gasteiger partial charge in [-0.2, -0.15) is 13.2 Å². The molecule has 14 heavy (non-hydrogen) atoms. The first kappa shape index (κ1) is 10.9. The molecule has 0 fully saturated rings. The molecule has 0 spiro atoms. The summed E-state index contributed by atoms with van der Waals surface area (Å²) >= 11 is 0. The first-order valence-corrected chi connectivity index (χ1v) is 3.94. The maximum Gasteiger partial charge on any atom is 0.433 e. The molecule has 1 heterocycles. The molecule has 3 nitrogen and oxygen atoms in total. The summed E-state index contributed by atoms with van der Waals surface area (Å²) in [5.74, 6) is 5.13. The van der Waals surface area contributed by atoms with Gasteiger partial charge in [0, 0.05) is 12.2 Å². The van der Waals surface area contributed by atoms with Gasteiger partial charge in [-0.1, -0.05) is 6.07 Å². The number of hydrogen-bond acceptors (Lipinski definition) is 3. The minimum atomic E-state index is -4.39. The normalized spacial score (nSPS) is 14.1. The molecule has 78 valence electrons. The summed E-state index contributed by atoms with van der Waals surface area (Å²) in [7, 11) is 0. The van der Waals surface area contributed by atoms with E-state index in [2.05, 4.69) is 10.4 Å². The third-order valence-electron chi connectivity index (χ3n) is 1.83. The monoisotopic (exact) mass is 205 g/mol. The molecule has 1 rings (SSSR count). The van der Waals surface area contributed by atoms with E-state index < -0.39 is 11.9 Å². The fraction of sp³-hybridized carbons (Fsp3) is 0.375. The first-order valence-electron chi connectivity index (χ1n) is 3.94. The van der Waals surface area contributed by atoms with Crippen LogP contribution >= 0.6 is 0 Å². The van der Waals surface area contributed by atoms with Crippen molar-refractivity contribution in [2.75, 3.05) is 0 Å². The Morgan fingerprint density at radius 3 is 2.43 bits per heavy atom. The maximum absolute atomic E-state index is 12.1. The zero-order valence-corrected chi connectivity index (χ0v) is 7.47. The number of hydrazine groups is 1. The Hall–Kier alpha value is -1.14. The Morgan fingerprint density at radius 1 is 1.43 bits per heavy atom. The van der Waals surface area contributed by atoms with Crippen LogP contribution in [-0.4, -0.2) is 4.98 Å². The summed E-state index contributed by atoms with van der Waals surface area (Å²) < 4.78 is 36.3. The number of rotatable bonds is 2. The van der Waals surface area contributed by atoms with E-state index in [-0.39, 0.29) is 6.04 Å². The zero-order valence-electron chi connectivity index (χ0n) is 7.47. The summed E-state index contributed by atoms with van der Waals surface area (Å²) in [4.78, 5) is 3.30. The fourth-order valence-electron chi connectivity index (χ4n) is 0.925. The lowest BCUT2D eigenvalue weighted by Gasteiger charge is -2.11. The quantitative estimate of drug-likeness (QED) is 0.569. The van der Waals surface area contributed by atoms with Gasteiger partial charge in [-0.15, -0.1) is 0 Å². The van der Waals surface area contributed by atoms with Crippen LogP contribution in [0.4, 0.5) is 13.2 Å². The number of aromatic nitrogens is 1.